The summed E-state index contributed by atoms with van der Waals surface area (Å²) in [6.07, 6.45) is 0.911. The zero-order valence-electron chi connectivity index (χ0n) is 14.8. The first-order valence-electron chi connectivity index (χ1n) is 9.20. The molecule has 3 nitrogen and oxygen atoms in total. The van der Waals surface area contributed by atoms with E-state index >= 15 is 0 Å². The van der Waals surface area contributed by atoms with Gasteiger partial charge >= 0.3 is 5.97 Å². The van der Waals surface area contributed by atoms with Crippen molar-refractivity contribution in [3.63, 3.8) is 0 Å². The summed E-state index contributed by atoms with van der Waals surface area (Å²) in [6.45, 7) is 0. The number of benzene rings is 3. The van der Waals surface area contributed by atoms with Crippen LogP contribution in [-0.4, -0.2) is 11.1 Å². The molecular formula is C23H17Cl2NO2. The molecule has 0 amide bonds. The van der Waals surface area contributed by atoms with E-state index in [4.69, 9.17) is 23.2 Å². The van der Waals surface area contributed by atoms with E-state index < -0.39 is 5.97 Å². The van der Waals surface area contributed by atoms with Crippen LogP contribution in [0.5, 0.6) is 0 Å². The summed E-state index contributed by atoms with van der Waals surface area (Å²) >= 11 is 12.7. The van der Waals surface area contributed by atoms with Crippen LogP contribution in [0.15, 0.2) is 60.7 Å². The van der Waals surface area contributed by atoms with Gasteiger partial charge in [0.1, 0.15) is 0 Å². The lowest BCUT2D eigenvalue weighted by atomic mass is 9.75. The minimum absolute atomic E-state index is 0.102. The van der Waals surface area contributed by atoms with Crippen molar-refractivity contribution in [2.75, 3.05) is 5.32 Å². The Hall–Kier alpha value is -2.49. The predicted octanol–water partition coefficient (Wildman–Crippen LogP) is 6.16. The van der Waals surface area contributed by atoms with E-state index in [1.807, 2.05) is 30.3 Å². The van der Waals surface area contributed by atoms with Crippen LogP contribution in [-0.2, 0) is 6.42 Å². The molecule has 2 aliphatic rings. The van der Waals surface area contributed by atoms with Gasteiger partial charge in [-0.05, 0) is 52.8 Å². The lowest BCUT2D eigenvalue weighted by Gasteiger charge is -2.39. The molecule has 0 spiro atoms. The zero-order valence-corrected chi connectivity index (χ0v) is 16.3. The van der Waals surface area contributed by atoms with Crippen molar-refractivity contribution in [2.24, 2.45) is 5.92 Å². The van der Waals surface area contributed by atoms with E-state index in [0.29, 0.717) is 15.7 Å². The zero-order chi connectivity index (χ0) is 19.4. The number of rotatable bonds is 2. The number of carboxylic acids is 1. The second-order valence-electron chi connectivity index (χ2n) is 7.41. The van der Waals surface area contributed by atoms with Crippen LogP contribution in [0.1, 0.15) is 44.6 Å². The van der Waals surface area contributed by atoms with Gasteiger partial charge in [0.15, 0.2) is 0 Å². The molecule has 1 heterocycles. The van der Waals surface area contributed by atoms with Crippen LogP contribution >= 0.6 is 23.2 Å². The first-order chi connectivity index (χ1) is 13.5. The maximum atomic E-state index is 11.9. The van der Waals surface area contributed by atoms with Crippen LogP contribution in [0.3, 0.4) is 0 Å². The Bertz CT molecular complexity index is 1110. The lowest BCUT2D eigenvalue weighted by Crippen LogP contribution is -2.31. The molecule has 2 N–H and O–H groups in total. The Labute approximate surface area is 172 Å². The Kier molecular flexibility index (Phi) is 4.11. The highest BCUT2D eigenvalue weighted by Crippen LogP contribution is 2.55. The molecule has 0 fully saturated rings. The van der Waals surface area contributed by atoms with E-state index in [2.05, 4.69) is 23.5 Å². The minimum atomic E-state index is -0.935. The van der Waals surface area contributed by atoms with E-state index in [0.717, 1.165) is 17.5 Å². The van der Waals surface area contributed by atoms with Crippen LogP contribution in [0.2, 0.25) is 10.0 Å². The lowest BCUT2D eigenvalue weighted by molar-refractivity contribution is 0.0697. The summed E-state index contributed by atoms with van der Waals surface area (Å²) in [5.74, 6) is -0.564. The molecule has 0 saturated carbocycles. The number of halogens is 2. The van der Waals surface area contributed by atoms with Gasteiger partial charge in [-0.1, -0.05) is 65.7 Å². The Morgan fingerprint density at radius 3 is 2.54 bits per heavy atom. The summed E-state index contributed by atoms with van der Waals surface area (Å²) in [7, 11) is 0. The second-order valence-corrected chi connectivity index (χ2v) is 8.25. The summed E-state index contributed by atoms with van der Waals surface area (Å²) in [5, 5.41) is 14.4. The van der Waals surface area contributed by atoms with Gasteiger partial charge in [0.05, 0.1) is 17.3 Å². The van der Waals surface area contributed by atoms with Gasteiger partial charge in [0.2, 0.25) is 0 Å². The van der Waals surface area contributed by atoms with Gasteiger partial charge in [0, 0.05) is 16.0 Å². The molecule has 3 aromatic carbocycles. The molecule has 0 unspecified atom stereocenters. The molecule has 28 heavy (non-hydrogen) atoms. The largest absolute Gasteiger partial charge is 0.478 e. The number of anilines is 1. The molecule has 1 aliphatic carbocycles. The van der Waals surface area contributed by atoms with Crippen LogP contribution in [0.4, 0.5) is 5.69 Å². The van der Waals surface area contributed by atoms with Gasteiger partial charge in [-0.3, -0.25) is 0 Å². The number of carboxylic acid groups (broad SMARTS) is 1. The number of fused-ring (bicyclic) bond motifs is 5. The third kappa shape index (κ3) is 2.61. The Morgan fingerprint density at radius 2 is 1.75 bits per heavy atom. The van der Waals surface area contributed by atoms with Gasteiger partial charge < -0.3 is 10.4 Å². The van der Waals surface area contributed by atoms with Crippen molar-refractivity contribution in [3.05, 3.63) is 98.5 Å². The average molecular weight is 410 g/mol. The normalized spacial score (nSPS) is 22.0. The summed E-state index contributed by atoms with van der Waals surface area (Å²) in [4.78, 5) is 11.9. The molecule has 5 rings (SSSR count). The highest BCUT2D eigenvalue weighted by atomic mass is 35.5. The first kappa shape index (κ1) is 17.6. The number of carbonyl (C=O) groups is 1. The highest BCUT2D eigenvalue weighted by Gasteiger charge is 2.44. The van der Waals surface area contributed by atoms with Gasteiger partial charge in [-0.2, -0.15) is 0 Å². The fourth-order valence-corrected chi connectivity index (χ4v) is 5.35. The smallest absolute Gasteiger partial charge is 0.337 e. The molecule has 0 radical (unpaired) electrons. The standard InChI is InChI=1S/C23H17Cl2NO2/c24-13-8-9-15(19(25)11-13)21-18-10-12-4-1-2-5-14(12)20(18)16-6-3-7-17(23(27)28)22(16)26-21/h1-9,11,18,20-21,26H,10H2,(H,27,28)/t18-,20-,21-/m1/s1. The maximum Gasteiger partial charge on any atom is 0.337 e. The van der Waals surface area contributed by atoms with Gasteiger partial charge in [-0.15, -0.1) is 0 Å². The summed E-state index contributed by atoms with van der Waals surface area (Å²) in [6, 6.07) is 19.4. The number of aromatic carboxylic acids is 1. The van der Waals surface area contributed by atoms with E-state index in [-0.39, 0.29) is 23.4 Å². The topological polar surface area (TPSA) is 49.3 Å². The van der Waals surface area contributed by atoms with Crippen molar-refractivity contribution in [1.29, 1.82) is 0 Å². The van der Waals surface area contributed by atoms with Crippen LogP contribution in [0.25, 0.3) is 0 Å². The van der Waals surface area contributed by atoms with Crippen molar-refractivity contribution in [3.8, 4) is 0 Å². The van der Waals surface area contributed by atoms with Crippen molar-refractivity contribution < 1.29 is 9.90 Å². The third-order valence-electron chi connectivity index (χ3n) is 5.96. The number of hydrogen-bond acceptors (Lipinski definition) is 2. The highest BCUT2D eigenvalue weighted by molar-refractivity contribution is 6.35. The number of hydrogen-bond donors (Lipinski definition) is 2. The van der Waals surface area contributed by atoms with Crippen molar-refractivity contribution in [1.82, 2.24) is 0 Å². The van der Waals surface area contributed by atoms with Gasteiger partial charge in [-0.25, -0.2) is 4.79 Å². The average Bonchev–Trinajstić information content (AvgIpc) is 3.07. The van der Waals surface area contributed by atoms with E-state index in [9.17, 15) is 9.90 Å². The molecule has 0 aromatic heterocycles. The molecule has 0 saturated heterocycles. The maximum absolute atomic E-state index is 11.9. The van der Waals surface area contributed by atoms with E-state index in [1.54, 1.807) is 12.1 Å². The molecular weight excluding hydrogens is 393 g/mol. The quantitative estimate of drug-likeness (QED) is 0.532. The third-order valence-corrected chi connectivity index (χ3v) is 6.52. The van der Waals surface area contributed by atoms with Gasteiger partial charge in [0.25, 0.3) is 0 Å². The first-order valence-corrected chi connectivity index (χ1v) is 9.95. The Morgan fingerprint density at radius 1 is 0.964 bits per heavy atom. The molecule has 1 aliphatic heterocycles. The summed E-state index contributed by atoms with van der Waals surface area (Å²) in [5.41, 5.74) is 5.53. The molecule has 140 valence electrons. The predicted molar refractivity (Wildman–Crippen MR) is 112 cm³/mol. The van der Waals surface area contributed by atoms with Crippen molar-refractivity contribution >= 4 is 34.9 Å². The van der Waals surface area contributed by atoms with Crippen LogP contribution < -0.4 is 5.32 Å². The fraction of sp³-hybridized carbons (Fsp3) is 0.174. The molecule has 0 bridgehead atoms. The number of para-hydroxylation sites is 1. The minimum Gasteiger partial charge on any atom is -0.478 e. The molecule has 3 aromatic rings. The van der Waals surface area contributed by atoms with Crippen LogP contribution in [0, 0.1) is 5.92 Å². The SMILES string of the molecule is O=C(O)c1cccc2c1N[C@H](c1ccc(Cl)cc1Cl)[C@@H]1Cc3ccccc3[C@H]21. The fourth-order valence-electron chi connectivity index (χ4n) is 4.83. The second kappa shape index (κ2) is 6.54. The summed E-state index contributed by atoms with van der Waals surface area (Å²) < 4.78 is 0. The molecule has 5 heteroatoms. The van der Waals surface area contributed by atoms with Crippen molar-refractivity contribution in [2.45, 2.75) is 18.4 Å². The Balaban J connectivity index is 1.74. The molecule has 3 atom stereocenters. The number of nitrogens with one attached hydrogen (secondary N) is 1. The monoisotopic (exact) mass is 409 g/mol. The van der Waals surface area contributed by atoms with E-state index in [1.165, 1.54) is 11.1 Å².